The lowest BCUT2D eigenvalue weighted by Crippen LogP contribution is -2.08. The molecule has 0 radical (unpaired) electrons. The predicted octanol–water partition coefficient (Wildman–Crippen LogP) is 4.18. The second kappa shape index (κ2) is 8.53. The molecule has 3 rings (SSSR count). The van der Waals surface area contributed by atoms with Gasteiger partial charge in [0.25, 0.3) is 0 Å². The topological polar surface area (TPSA) is 74.6 Å². The molecular weight excluding hydrogens is 390 g/mol. The highest BCUT2D eigenvalue weighted by Crippen LogP contribution is 2.32. The number of aromatic nitrogens is 1. The van der Waals surface area contributed by atoms with Crippen LogP contribution in [0.5, 0.6) is 0 Å². The Morgan fingerprint density at radius 3 is 2.45 bits per heavy atom. The average Bonchev–Trinajstić information content (AvgIpc) is 3.04. The van der Waals surface area contributed by atoms with E-state index in [9.17, 15) is 13.2 Å². The Morgan fingerprint density at radius 2 is 1.79 bits per heavy atom. The second-order valence-corrected chi connectivity index (χ2v) is 8.68. The number of sulfone groups is 1. The lowest BCUT2D eigenvalue weighted by atomic mass is 10.0. The lowest BCUT2D eigenvalue weighted by molar-refractivity contribution is 0.0736. The quantitative estimate of drug-likeness (QED) is 0.567. The van der Waals surface area contributed by atoms with Gasteiger partial charge in [-0.15, -0.1) is 0 Å². The van der Waals surface area contributed by atoms with Crippen molar-refractivity contribution in [3.8, 4) is 16.8 Å². The summed E-state index contributed by atoms with van der Waals surface area (Å²) in [6, 6.07) is 16.7. The molecule has 0 amide bonds. The van der Waals surface area contributed by atoms with Gasteiger partial charge in [0.05, 0.1) is 18.6 Å². The largest absolute Gasteiger partial charge is 0.507 e. The van der Waals surface area contributed by atoms with Crippen LogP contribution in [0, 0.1) is 6.92 Å². The van der Waals surface area contributed by atoms with E-state index in [0.29, 0.717) is 6.42 Å². The van der Waals surface area contributed by atoms with E-state index in [1.807, 2.05) is 49.5 Å². The van der Waals surface area contributed by atoms with Gasteiger partial charge in [0.2, 0.25) is 0 Å². The van der Waals surface area contributed by atoms with Crippen LogP contribution >= 0.6 is 0 Å². The predicted molar refractivity (Wildman–Crippen MR) is 111 cm³/mol. The van der Waals surface area contributed by atoms with E-state index in [0.717, 1.165) is 28.1 Å². The molecule has 0 N–H and O–H groups in total. The van der Waals surface area contributed by atoms with Crippen LogP contribution in [0.15, 0.2) is 65.7 Å². The fraction of sp³-hybridized carbons (Fsp3) is 0.227. The van der Waals surface area contributed by atoms with Crippen molar-refractivity contribution in [2.24, 2.45) is 0 Å². The highest BCUT2D eigenvalue weighted by molar-refractivity contribution is 7.90. The molecule has 0 saturated carbocycles. The number of hydrogen-bond donors (Lipinski definition) is 0. The van der Waals surface area contributed by atoms with Crippen molar-refractivity contribution in [1.29, 1.82) is 0 Å². The summed E-state index contributed by atoms with van der Waals surface area (Å²) >= 11 is 0. The molecule has 0 aliphatic carbocycles. The van der Waals surface area contributed by atoms with Gasteiger partial charge in [-0.05, 0) is 42.3 Å². The second-order valence-electron chi connectivity index (χ2n) is 6.66. The maximum Gasteiger partial charge on any atom is 0.507 e. The summed E-state index contributed by atoms with van der Waals surface area (Å²) in [6.07, 6.45) is 2.92. The number of carbonyl (C=O) groups excluding carboxylic acids is 1. The van der Waals surface area contributed by atoms with Crippen LogP contribution in [0.1, 0.15) is 11.3 Å². The van der Waals surface area contributed by atoms with Gasteiger partial charge in [0.1, 0.15) is 0 Å². The van der Waals surface area contributed by atoms with Crippen molar-refractivity contribution in [2.45, 2.75) is 18.2 Å². The standard InChI is InChI=1S/C22H23NO5S/c1-16-20(12-13-28-22(24)27-2)21(15-23(16)18-9-5-4-6-10-18)17-8-7-11-19(14-17)29(3,25)26/h4-11,14-15H,12-13H2,1-3H3. The zero-order valence-electron chi connectivity index (χ0n) is 16.6. The van der Waals surface area contributed by atoms with Gasteiger partial charge in [-0.1, -0.05) is 30.3 Å². The van der Waals surface area contributed by atoms with E-state index >= 15 is 0 Å². The SMILES string of the molecule is COC(=O)OCCc1c(-c2cccc(S(C)(=O)=O)c2)cn(-c2ccccc2)c1C. The van der Waals surface area contributed by atoms with Crippen LogP contribution < -0.4 is 0 Å². The molecule has 6 nitrogen and oxygen atoms in total. The number of carbonyl (C=O) groups is 1. The Morgan fingerprint density at radius 1 is 1.07 bits per heavy atom. The Labute approximate surface area is 170 Å². The molecule has 0 aliphatic rings. The van der Waals surface area contributed by atoms with E-state index in [1.165, 1.54) is 13.4 Å². The normalized spacial score (nSPS) is 11.3. The van der Waals surface area contributed by atoms with Crippen molar-refractivity contribution in [2.75, 3.05) is 20.0 Å². The molecule has 0 bridgehead atoms. The number of benzene rings is 2. The number of rotatable bonds is 6. The molecule has 3 aromatic rings. The number of methoxy groups -OCH3 is 1. The maximum atomic E-state index is 12.0. The summed E-state index contributed by atoms with van der Waals surface area (Å²) in [4.78, 5) is 11.6. The first-order valence-electron chi connectivity index (χ1n) is 9.08. The van der Waals surface area contributed by atoms with Gasteiger partial charge >= 0.3 is 6.16 Å². The van der Waals surface area contributed by atoms with E-state index < -0.39 is 16.0 Å². The van der Waals surface area contributed by atoms with Gasteiger partial charge < -0.3 is 14.0 Å². The Bertz CT molecular complexity index is 1120. The molecule has 0 aliphatic heterocycles. The van der Waals surface area contributed by atoms with Gasteiger partial charge in [0, 0.05) is 35.8 Å². The summed E-state index contributed by atoms with van der Waals surface area (Å²) < 4.78 is 35.6. The summed E-state index contributed by atoms with van der Waals surface area (Å²) in [5.41, 5.74) is 4.64. The zero-order chi connectivity index (χ0) is 21.0. The van der Waals surface area contributed by atoms with E-state index in [-0.39, 0.29) is 11.5 Å². The highest BCUT2D eigenvalue weighted by Gasteiger charge is 2.17. The number of para-hydroxylation sites is 1. The first-order chi connectivity index (χ1) is 13.8. The van der Waals surface area contributed by atoms with Gasteiger partial charge in [0.15, 0.2) is 9.84 Å². The van der Waals surface area contributed by atoms with Crippen molar-refractivity contribution >= 4 is 16.0 Å². The summed E-state index contributed by atoms with van der Waals surface area (Å²) in [7, 11) is -2.06. The minimum atomic E-state index is -3.33. The molecule has 29 heavy (non-hydrogen) atoms. The molecule has 0 spiro atoms. The summed E-state index contributed by atoms with van der Waals surface area (Å²) in [5, 5.41) is 0. The number of ether oxygens (including phenoxy) is 2. The number of nitrogens with zero attached hydrogens (tertiary/aromatic N) is 1. The van der Waals surface area contributed by atoms with Crippen LogP contribution in [0.3, 0.4) is 0 Å². The fourth-order valence-electron chi connectivity index (χ4n) is 3.25. The molecule has 0 unspecified atom stereocenters. The van der Waals surface area contributed by atoms with E-state index in [4.69, 9.17) is 4.74 Å². The Balaban J connectivity index is 2.08. The van der Waals surface area contributed by atoms with Crippen molar-refractivity contribution in [3.63, 3.8) is 0 Å². The maximum absolute atomic E-state index is 12.0. The fourth-order valence-corrected chi connectivity index (χ4v) is 3.92. The third-order valence-corrected chi connectivity index (χ3v) is 5.84. The third-order valence-electron chi connectivity index (χ3n) is 4.73. The molecule has 2 aromatic carbocycles. The minimum Gasteiger partial charge on any atom is -0.438 e. The van der Waals surface area contributed by atoms with Crippen molar-refractivity contribution in [3.05, 3.63) is 72.1 Å². The highest BCUT2D eigenvalue weighted by atomic mass is 32.2. The number of hydrogen-bond acceptors (Lipinski definition) is 5. The molecule has 7 heteroatoms. The van der Waals surface area contributed by atoms with E-state index in [2.05, 4.69) is 9.30 Å². The first kappa shape index (κ1) is 20.7. The van der Waals surface area contributed by atoms with Gasteiger partial charge in [-0.3, -0.25) is 0 Å². The molecule has 0 saturated heterocycles. The van der Waals surface area contributed by atoms with Crippen LogP contribution in [0.25, 0.3) is 16.8 Å². The van der Waals surface area contributed by atoms with Gasteiger partial charge in [-0.25, -0.2) is 13.2 Å². The van der Waals surface area contributed by atoms with Crippen LogP contribution in [0.4, 0.5) is 4.79 Å². The smallest absolute Gasteiger partial charge is 0.438 e. The third kappa shape index (κ3) is 4.68. The Hall–Kier alpha value is -3.06. The van der Waals surface area contributed by atoms with Crippen molar-refractivity contribution in [1.82, 2.24) is 4.57 Å². The lowest BCUT2D eigenvalue weighted by Gasteiger charge is -2.09. The summed E-state index contributed by atoms with van der Waals surface area (Å²) in [6.45, 7) is 2.15. The molecule has 152 valence electrons. The molecule has 0 atom stereocenters. The zero-order valence-corrected chi connectivity index (χ0v) is 17.4. The van der Waals surface area contributed by atoms with Crippen LogP contribution in [0.2, 0.25) is 0 Å². The van der Waals surface area contributed by atoms with Crippen LogP contribution in [-0.2, 0) is 25.7 Å². The molecular formula is C22H23NO5S. The van der Waals surface area contributed by atoms with E-state index in [1.54, 1.807) is 18.2 Å². The Kier molecular flexibility index (Phi) is 6.08. The minimum absolute atomic E-state index is 0.158. The monoisotopic (exact) mass is 413 g/mol. The molecule has 1 heterocycles. The molecule has 0 fully saturated rings. The van der Waals surface area contributed by atoms with Crippen molar-refractivity contribution < 1.29 is 22.7 Å². The molecule has 1 aromatic heterocycles. The average molecular weight is 413 g/mol. The first-order valence-corrected chi connectivity index (χ1v) is 11.0. The van der Waals surface area contributed by atoms with Crippen LogP contribution in [-0.4, -0.2) is 39.1 Å². The van der Waals surface area contributed by atoms with Gasteiger partial charge in [-0.2, -0.15) is 0 Å². The summed E-state index contributed by atoms with van der Waals surface area (Å²) in [5.74, 6) is 0.